The quantitative estimate of drug-likeness (QED) is 0.773. The van der Waals surface area contributed by atoms with E-state index in [1.54, 1.807) is 30.3 Å². The molecule has 0 saturated heterocycles. The summed E-state index contributed by atoms with van der Waals surface area (Å²) in [5, 5.41) is 0.953. The Bertz CT molecular complexity index is 560. The molecule has 0 spiro atoms. The van der Waals surface area contributed by atoms with Gasteiger partial charge < -0.3 is 10.5 Å². The van der Waals surface area contributed by atoms with Gasteiger partial charge in [0.2, 0.25) is 0 Å². The Hall–Kier alpha value is -0.900. The van der Waals surface area contributed by atoms with Crippen LogP contribution in [0.25, 0.3) is 0 Å². The topological polar surface area (TPSA) is 35.2 Å². The molecule has 0 aromatic heterocycles. The lowest BCUT2D eigenvalue weighted by atomic mass is 10.3. The van der Waals surface area contributed by atoms with Crippen molar-refractivity contribution in [1.82, 2.24) is 0 Å². The maximum Gasteiger partial charge on any atom is 0.151 e. The second kappa shape index (κ2) is 5.17. The van der Waals surface area contributed by atoms with Crippen LogP contribution in [-0.4, -0.2) is 0 Å². The molecule has 0 amide bonds. The van der Waals surface area contributed by atoms with E-state index < -0.39 is 0 Å². The molecule has 2 rings (SSSR count). The van der Waals surface area contributed by atoms with E-state index in [9.17, 15) is 0 Å². The van der Waals surface area contributed by atoms with Crippen LogP contribution in [-0.2, 0) is 0 Å². The van der Waals surface area contributed by atoms with Gasteiger partial charge in [0.05, 0.1) is 15.7 Å². The highest BCUT2D eigenvalue weighted by Gasteiger charge is 2.08. The van der Waals surface area contributed by atoms with Crippen LogP contribution in [0.15, 0.2) is 40.9 Å². The molecule has 0 bridgehead atoms. The summed E-state index contributed by atoms with van der Waals surface area (Å²) in [4.78, 5) is 0. The van der Waals surface area contributed by atoms with Gasteiger partial charge in [-0.3, -0.25) is 0 Å². The van der Waals surface area contributed by atoms with E-state index in [0.29, 0.717) is 27.2 Å². The highest BCUT2D eigenvalue weighted by Crippen LogP contribution is 2.36. The van der Waals surface area contributed by atoms with Crippen molar-refractivity contribution >= 4 is 44.8 Å². The molecular formula is C12H8BrCl2NO. The highest BCUT2D eigenvalue weighted by atomic mass is 79.9. The molecule has 0 aliphatic carbocycles. The van der Waals surface area contributed by atoms with Gasteiger partial charge in [0, 0.05) is 4.47 Å². The molecule has 0 unspecified atom stereocenters. The van der Waals surface area contributed by atoms with Crippen LogP contribution in [0.4, 0.5) is 5.69 Å². The summed E-state index contributed by atoms with van der Waals surface area (Å²) in [5.41, 5.74) is 6.20. The fourth-order valence-corrected chi connectivity index (χ4v) is 2.16. The molecular weight excluding hydrogens is 325 g/mol. The molecule has 2 aromatic rings. The van der Waals surface area contributed by atoms with Gasteiger partial charge in [-0.25, -0.2) is 0 Å². The van der Waals surface area contributed by atoms with Gasteiger partial charge in [-0.05, 0) is 30.3 Å². The van der Waals surface area contributed by atoms with E-state index in [4.69, 9.17) is 33.7 Å². The van der Waals surface area contributed by atoms with Crippen molar-refractivity contribution in [2.24, 2.45) is 0 Å². The summed E-state index contributed by atoms with van der Waals surface area (Å²) in [6.07, 6.45) is 0. The van der Waals surface area contributed by atoms with Crippen molar-refractivity contribution in [1.29, 1.82) is 0 Å². The average Bonchev–Trinajstić information content (AvgIpc) is 2.28. The minimum Gasteiger partial charge on any atom is -0.454 e. The smallest absolute Gasteiger partial charge is 0.151 e. The van der Waals surface area contributed by atoms with E-state index in [1.165, 1.54) is 0 Å². The number of para-hydroxylation sites is 1. The molecule has 0 heterocycles. The normalized spacial score (nSPS) is 10.3. The zero-order chi connectivity index (χ0) is 12.4. The van der Waals surface area contributed by atoms with Gasteiger partial charge in [-0.15, -0.1) is 0 Å². The number of ether oxygens (including phenoxy) is 1. The van der Waals surface area contributed by atoms with Gasteiger partial charge in [0.25, 0.3) is 0 Å². The Morgan fingerprint density at radius 3 is 2.47 bits per heavy atom. The summed E-state index contributed by atoms with van der Waals surface area (Å²) in [6, 6.07) is 10.5. The first-order valence-corrected chi connectivity index (χ1v) is 6.29. The summed E-state index contributed by atoms with van der Waals surface area (Å²) < 4.78 is 6.50. The highest BCUT2D eigenvalue weighted by molar-refractivity contribution is 9.10. The number of nitrogens with two attached hydrogens (primary N) is 1. The van der Waals surface area contributed by atoms with Crippen LogP contribution in [0.2, 0.25) is 10.0 Å². The van der Waals surface area contributed by atoms with Crippen LogP contribution in [0, 0.1) is 0 Å². The van der Waals surface area contributed by atoms with Crippen molar-refractivity contribution in [3.63, 3.8) is 0 Å². The number of nitrogen functional groups attached to an aromatic ring is 1. The zero-order valence-electron chi connectivity index (χ0n) is 8.58. The SMILES string of the molecule is Nc1c(Cl)cccc1Oc1ccc(Br)cc1Cl. The summed E-state index contributed by atoms with van der Waals surface area (Å²) >= 11 is 15.3. The largest absolute Gasteiger partial charge is 0.454 e. The Morgan fingerprint density at radius 2 is 1.76 bits per heavy atom. The van der Waals surface area contributed by atoms with Crippen LogP contribution in [0.3, 0.4) is 0 Å². The van der Waals surface area contributed by atoms with E-state index in [1.807, 2.05) is 6.07 Å². The Morgan fingerprint density at radius 1 is 1.00 bits per heavy atom. The van der Waals surface area contributed by atoms with Crippen LogP contribution in [0.5, 0.6) is 11.5 Å². The predicted molar refractivity (Wildman–Crippen MR) is 75.1 cm³/mol. The minimum absolute atomic E-state index is 0.396. The number of anilines is 1. The molecule has 2 aromatic carbocycles. The molecule has 0 atom stereocenters. The molecule has 0 saturated carbocycles. The van der Waals surface area contributed by atoms with E-state index in [0.717, 1.165) is 4.47 Å². The lowest BCUT2D eigenvalue weighted by Crippen LogP contribution is -1.93. The van der Waals surface area contributed by atoms with Crippen LogP contribution < -0.4 is 10.5 Å². The maximum absolute atomic E-state index is 6.04. The van der Waals surface area contributed by atoms with E-state index in [2.05, 4.69) is 15.9 Å². The lowest BCUT2D eigenvalue weighted by Gasteiger charge is -2.10. The molecule has 0 aliphatic rings. The second-order valence-corrected chi connectivity index (χ2v) is 5.06. The van der Waals surface area contributed by atoms with Gasteiger partial charge >= 0.3 is 0 Å². The Labute approximate surface area is 117 Å². The molecule has 2 N–H and O–H groups in total. The average molecular weight is 333 g/mol. The Kier molecular flexibility index (Phi) is 3.82. The maximum atomic E-state index is 6.04. The summed E-state index contributed by atoms with van der Waals surface area (Å²) in [5.74, 6) is 1.02. The first kappa shape index (κ1) is 12.6. The summed E-state index contributed by atoms with van der Waals surface area (Å²) in [7, 11) is 0. The van der Waals surface area contributed by atoms with Gasteiger partial charge in [-0.2, -0.15) is 0 Å². The van der Waals surface area contributed by atoms with Crippen LogP contribution in [0.1, 0.15) is 0 Å². The first-order valence-electron chi connectivity index (χ1n) is 4.75. The van der Waals surface area contributed by atoms with Crippen molar-refractivity contribution in [2.45, 2.75) is 0 Å². The molecule has 5 heteroatoms. The minimum atomic E-state index is 0.396. The molecule has 0 aliphatic heterocycles. The molecule has 88 valence electrons. The number of halogens is 3. The molecule has 0 radical (unpaired) electrons. The van der Waals surface area contributed by atoms with Crippen LogP contribution >= 0.6 is 39.1 Å². The fraction of sp³-hybridized carbons (Fsp3) is 0. The third kappa shape index (κ3) is 2.86. The predicted octanol–water partition coefficient (Wildman–Crippen LogP) is 5.13. The van der Waals surface area contributed by atoms with E-state index in [-0.39, 0.29) is 0 Å². The number of hydrogen-bond acceptors (Lipinski definition) is 2. The number of benzene rings is 2. The van der Waals surface area contributed by atoms with Crippen molar-refractivity contribution in [3.8, 4) is 11.5 Å². The molecule has 17 heavy (non-hydrogen) atoms. The standard InChI is InChI=1S/C12H8BrCl2NO/c13-7-4-5-10(9(15)6-7)17-11-3-1-2-8(14)12(11)16/h1-6H,16H2. The fourth-order valence-electron chi connectivity index (χ4n) is 1.28. The molecule has 0 fully saturated rings. The number of rotatable bonds is 2. The van der Waals surface area contributed by atoms with E-state index >= 15 is 0 Å². The third-order valence-corrected chi connectivity index (χ3v) is 3.24. The van der Waals surface area contributed by atoms with Gasteiger partial charge in [-0.1, -0.05) is 45.2 Å². The monoisotopic (exact) mass is 331 g/mol. The van der Waals surface area contributed by atoms with Crippen molar-refractivity contribution in [3.05, 3.63) is 50.9 Å². The van der Waals surface area contributed by atoms with Crippen molar-refractivity contribution in [2.75, 3.05) is 5.73 Å². The zero-order valence-corrected chi connectivity index (χ0v) is 11.7. The first-order chi connectivity index (χ1) is 8.08. The third-order valence-electron chi connectivity index (χ3n) is 2.13. The Balaban J connectivity index is 2.35. The van der Waals surface area contributed by atoms with Gasteiger partial charge in [0.1, 0.15) is 5.75 Å². The van der Waals surface area contributed by atoms with Gasteiger partial charge in [0.15, 0.2) is 5.75 Å². The second-order valence-electron chi connectivity index (χ2n) is 3.33. The number of hydrogen-bond donors (Lipinski definition) is 1. The van der Waals surface area contributed by atoms with Crippen molar-refractivity contribution < 1.29 is 4.74 Å². The molecule has 2 nitrogen and oxygen atoms in total. The summed E-state index contributed by atoms with van der Waals surface area (Å²) in [6.45, 7) is 0. The lowest BCUT2D eigenvalue weighted by molar-refractivity contribution is 0.485.